The number of nitrogens with zero attached hydrogens (tertiary/aromatic N) is 1. The van der Waals surface area contributed by atoms with Gasteiger partial charge in [0.15, 0.2) is 0 Å². The summed E-state index contributed by atoms with van der Waals surface area (Å²) in [4.78, 5) is 25.8. The topological polar surface area (TPSA) is 75.4 Å². The van der Waals surface area contributed by atoms with Gasteiger partial charge < -0.3 is 16.0 Å². The minimum atomic E-state index is -0.611. The lowest BCUT2D eigenvalue weighted by Gasteiger charge is -2.23. The first-order chi connectivity index (χ1) is 9.42. The predicted molar refractivity (Wildman–Crippen MR) is 80.7 cm³/mol. The molecule has 0 aliphatic carbocycles. The third-order valence-electron chi connectivity index (χ3n) is 3.07. The van der Waals surface area contributed by atoms with Crippen LogP contribution in [0.2, 0.25) is 5.02 Å². The summed E-state index contributed by atoms with van der Waals surface area (Å²) in [6.07, 6.45) is 0. The van der Waals surface area contributed by atoms with Crippen LogP contribution in [0.3, 0.4) is 0 Å². The second-order valence-corrected chi connectivity index (χ2v) is 4.79. The predicted octanol–water partition coefficient (Wildman–Crippen LogP) is 1.91. The Kier molecular flexibility index (Phi) is 5.82. The minimum absolute atomic E-state index is 0.122. The summed E-state index contributed by atoms with van der Waals surface area (Å²) in [6.45, 7) is 6.65. The molecule has 0 aliphatic rings. The van der Waals surface area contributed by atoms with Gasteiger partial charge in [-0.05, 0) is 32.9 Å². The Morgan fingerprint density at radius 1 is 1.35 bits per heavy atom. The fraction of sp³-hybridized carbons (Fsp3) is 0.429. The number of rotatable bonds is 5. The van der Waals surface area contributed by atoms with Gasteiger partial charge in [0, 0.05) is 13.1 Å². The van der Waals surface area contributed by atoms with Crippen LogP contribution in [0.1, 0.15) is 31.1 Å². The van der Waals surface area contributed by atoms with E-state index in [4.69, 9.17) is 17.3 Å². The molecule has 1 rings (SSSR count). The number of carbonyl (C=O) groups is 2. The summed E-state index contributed by atoms with van der Waals surface area (Å²) in [5.74, 6) is -0.529. The fourth-order valence-corrected chi connectivity index (χ4v) is 2.08. The molecular weight excluding hydrogens is 278 g/mol. The quantitative estimate of drug-likeness (QED) is 0.815. The van der Waals surface area contributed by atoms with Crippen molar-refractivity contribution >= 4 is 29.1 Å². The number of hydrogen-bond acceptors (Lipinski definition) is 3. The number of likely N-dealkylation sites (N-methyl/N-ethyl adjacent to an activating group) is 1. The highest BCUT2D eigenvalue weighted by Gasteiger charge is 2.21. The van der Waals surface area contributed by atoms with E-state index in [2.05, 4.69) is 5.32 Å². The highest BCUT2D eigenvalue weighted by atomic mass is 35.5. The van der Waals surface area contributed by atoms with Crippen molar-refractivity contribution in [2.75, 3.05) is 18.8 Å². The zero-order valence-corrected chi connectivity index (χ0v) is 12.7. The lowest BCUT2D eigenvalue weighted by Crippen LogP contribution is -2.46. The van der Waals surface area contributed by atoms with Crippen LogP contribution >= 0.6 is 11.6 Å². The summed E-state index contributed by atoms with van der Waals surface area (Å²) in [5, 5.41) is 2.84. The number of carbonyl (C=O) groups excluding carboxylic acids is 2. The Morgan fingerprint density at radius 2 is 1.95 bits per heavy atom. The lowest BCUT2D eigenvalue weighted by atomic mass is 10.1. The minimum Gasteiger partial charge on any atom is -0.398 e. The molecule has 5 nitrogen and oxygen atoms in total. The van der Waals surface area contributed by atoms with Gasteiger partial charge >= 0.3 is 0 Å². The van der Waals surface area contributed by atoms with E-state index in [1.165, 1.54) is 0 Å². The molecule has 6 heteroatoms. The van der Waals surface area contributed by atoms with Gasteiger partial charge in [-0.3, -0.25) is 9.59 Å². The maximum atomic E-state index is 12.1. The largest absolute Gasteiger partial charge is 0.398 e. The number of nitrogen functional groups attached to an aromatic ring is 1. The van der Waals surface area contributed by atoms with Crippen molar-refractivity contribution in [2.24, 2.45) is 0 Å². The number of halogens is 1. The van der Waals surface area contributed by atoms with Crippen molar-refractivity contribution in [3.05, 3.63) is 28.8 Å². The summed E-state index contributed by atoms with van der Waals surface area (Å²) in [6, 6.07) is 4.22. The van der Waals surface area contributed by atoms with E-state index in [-0.39, 0.29) is 16.5 Å². The van der Waals surface area contributed by atoms with Crippen LogP contribution in [-0.4, -0.2) is 35.8 Å². The van der Waals surface area contributed by atoms with E-state index in [9.17, 15) is 9.59 Å². The first-order valence-electron chi connectivity index (χ1n) is 6.55. The fourth-order valence-electron chi connectivity index (χ4n) is 1.87. The van der Waals surface area contributed by atoms with Crippen LogP contribution in [0.4, 0.5) is 5.69 Å². The van der Waals surface area contributed by atoms with Crippen LogP contribution in [0.5, 0.6) is 0 Å². The molecule has 1 aromatic rings. The first-order valence-corrected chi connectivity index (χ1v) is 6.93. The lowest BCUT2D eigenvalue weighted by molar-refractivity contribution is -0.132. The first kappa shape index (κ1) is 16.3. The Labute approximate surface area is 124 Å². The Morgan fingerprint density at radius 3 is 2.50 bits per heavy atom. The molecule has 3 N–H and O–H groups in total. The summed E-state index contributed by atoms with van der Waals surface area (Å²) in [7, 11) is 0. The smallest absolute Gasteiger partial charge is 0.253 e. The zero-order chi connectivity index (χ0) is 15.3. The van der Waals surface area contributed by atoms with Gasteiger partial charge in [0.1, 0.15) is 6.04 Å². The van der Waals surface area contributed by atoms with Crippen LogP contribution in [-0.2, 0) is 4.79 Å². The van der Waals surface area contributed by atoms with Crippen molar-refractivity contribution in [3.63, 3.8) is 0 Å². The SMILES string of the molecule is CCN(CC)C(=O)C(C)NC(=O)c1cccc(N)c1Cl. The van der Waals surface area contributed by atoms with Gasteiger partial charge in [-0.1, -0.05) is 17.7 Å². The normalized spacial score (nSPS) is 11.8. The van der Waals surface area contributed by atoms with Crippen molar-refractivity contribution < 1.29 is 9.59 Å². The van der Waals surface area contributed by atoms with Crippen LogP contribution in [0, 0.1) is 0 Å². The summed E-state index contributed by atoms with van der Waals surface area (Å²) >= 11 is 5.99. The van der Waals surface area contributed by atoms with Crippen molar-refractivity contribution in [2.45, 2.75) is 26.8 Å². The molecule has 0 spiro atoms. The Hall–Kier alpha value is -1.75. The molecule has 1 aromatic carbocycles. The highest BCUT2D eigenvalue weighted by Crippen LogP contribution is 2.22. The number of anilines is 1. The standard InChI is InChI=1S/C14H20ClN3O2/c1-4-18(5-2)14(20)9(3)17-13(19)10-7-6-8-11(16)12(10)15/h6-9H,4-5,16H2,1-3H3,(H,17,19). The van der Waals surface area contributed by atoms with Gasteiger partial charge in [0.05, 0.1) is 16.3 Å². The monoisotopic (exact) mass is 297 g/mol. The van der Waals surface area contributed by atoms with E-state index in [0.29, 0.717) is 18.8 Å². The maximum Gasteiger partial charge on any atom is 0.253 e. The molecule has 0 aliphatic heterocycles. The molecule has 1 unspecified atom stereocenters. The van der Waals surface area contributed by atoms with Crippen molar-refractivity contribution in [1.29, 1.82) is 0 Å². The second-order valence-electron chi connectivity index (χ2n) is 4.41. The van der Waals surface area contributed by atoms with E-state index in [1.807, 2.05) is 13.8 Å². The second kappa shape index (κ2) is 7.14. The third kappa shape index (κ3) is 3.63. The number of benzene rings is 1. The molecule has 20 heavy (non-hydrogen) atoms. The molecule has 0 heterocycles. The number of hydrogen-bond donors (Lipinski definition) is 2. The maximum absolute atomic E-state index is 12.1. The molecule has 0 saturated heterocycles. The molecule has 1 atom stereocenters. The molecule has 0 saturated carbocycles. The molecule has 0 aromatic heterocycles. The molecule has 2 amide bonds. The van der Waals surface area contributed by atoms with E-state index in [0.717, 1.165) is 0 Å². The van der Waals surface area contributed by atoms with Gasteiger partial charge in [0.25, 0.3) is 5.91 Å². The molecular formula is C14H20ClN3O2. The van der Waals surface area contributed by atoms with Crippen molar-refractivity contribution in [1.82, 2.24) is 10.2 Å². The molecule has 110 valence electrons. The third-order valence-corrected chi connectivity index (χ3v) is 3.49. The van der Waals surface area contributed by atoms with Crippen LogP contribution in [0.15, 0.2) is 18.2 Å². The zero-order valence-electron chi connectivity index (χ0n) is 11.9. The number of nitrogens with one attached hydrogen (secondary N) is 1. The average molecular weight is 298 g/mol. The van der Waals surface area contributed by atoms with Gasteiger partial charge in [-0.15, -0.1) is 0 Å². The van der Waals surface area contributed by atoms with E-state index in [1.54, 1.807) is 30.0 Å². The highest BCUT2D eigenvalue weighted by molar-refractivity contribution is 6.36. The number of amides is 2. The summed E-state index contributed by atoms with van der Waals surface area (Å²) in [5.41, 5.74) is 6.26. The molecule has 0 bridgehead atoms. The average Bonchev–Trinajstić information content (AvgIpc) is 2.42. The van der Waals surface area contributed by atoms with Gasteiger partial charge in [-0.25, -0.2) is 0 Å². The van der Waals surface area contributed by atoms with E-state index < -0.39 is 11.9 Å². The van der Waals surface area contributed by atoms with Crippen molar-refractivity contribution in [3.8, 4) is 0 Å². The number of nitrogens with two attached hydrogens (primary N) is 1. The van der Waals surface area contributed by atoms with Gasteiger partial charge in [-0.2, -0.15) is 0 Å². The van der Waals surface area contributed by atoms with Gasteiger partial charge in [0.2, 0.25) is 5.91 Å². The summed E-state index contributed by atoms with van der Waals surface area (Å²) < 4.78 is 0. The molecule has 0 fully saturated rings. The molecule has 0 radical (unpaired) electrons. The Bertz CT molecular complexity index is 501. The van der Waals surface area contributed by atoms with Crippen LogP contribution < -0.4 is 11.1 Å². The van der Waals surface area contributed by atoms with Crippen LogP contribution in [0.25, 0.3) is 0 Å². The Balaban J connectivity index is 2.80. The van der Waals surface area contributed by atoms with E-state index >= 15 is 0 Å².